The van der Waals surface area contributed by atoms with Crippen molar-refractivity contribution >= 4 is 17.7 Å². The predicted molar refractivity (Wildman–Crippen MR) is 122 cm³/mol. The van der Waals surface area contributed by atoms with Gasteiger partial charge in [-0.05, 0) is 44.9 Å². The SMILES string of the molecule is CCNC(=NCCCOC(C)c1ccccc1)NCCC(=O)Nc1cccc(C)n1. The van der Waals surface area contributed by atoms with E-state index in [9.17, 15) is 4.79 Å². The van der Waals surface area contributed by atoms with Crippen LogP contribution in [0.5, 0.6) is 0 Å². The highest BCUT2D eigenvalue weighted by Crippen LogP contribution is 2.15. The average Bonchev–Trinajstić information content (AvgIpc) is 2.74. The second kappa shape index (κ2) is 13.3. The molecule has 1 aromatic carbocycles. The summed E-state index contributed by atoms with van der Waals surface area (Å²) in [5.74, 6) is 1.19. The molecule has 1 unspecified atom stereocenters. The Morgan fingerprint density at radius 2 is 1.93 bits per heavy atom. The monoisotopic (exact) mass is 411 g/mol. The largest absolute Gasteiger partial charge is 0.374 e. The van der Waals surface area contributed by atoms with Gasteiger partial charge in [-0.15, -0.1) is 0 Å². The topological polar surface area (TPSA) is 87.6 Å². The fraction of sp³-hybridized carbons (Fsp3) is 0.435. The van der Waals surface area contributed by atoms with Crippen molar-refractivity contribution in [1.82, 2.24) is 15.6 Å². The minimum Gasteiger partial charge on any atom is -0.374 e. The number of amides is 1. The molecule has 0 fully saturated rings. The van der Waals surface area contributed by atoms with E-state index in [1.807, 2.05) is 44.2 Å². The second-order valence-electron chi connectivity index (χ2n) is 6.93. The molecule has 0 aliphatic carbocycles. The van der Waals surface area contributed by atoms with Crippen LogP contribution >= 0.6 is 0 Å². The number of carbonyl (C=O) groups excluding carboxylic acids is 1. The summed E-state index contributed by atoms with van der Waals surface area (Å²) in [6.45, 7) is 8.50. The van der Waals surface area contributed by atoms with E-state index < -0.39 is 0 Å². The van der Waals surface area contributed by atoms with Crippen molar-refractivity contribution in [2.45, 2.75) is 39.7 Å². The van der Waals surface area contributed by atoms with Gasteiger partial charge in [-0.3, -0.25) is 9.79 Å². The molecule has 0 aliphatic rings. The Morgan fingerprint density at radius 3 is 2.67 bits per heavy atom. The minimum absolute atomic E-state index is 0.0722. The fourth-order valence-electron chi connectivity index (χ4n) is 2.79. The molecule has 2 rings (SSSR count). The normalized spacial score (nSPS) is 12.3. The van der Waals surface area contributed by atoms with Crippen molar-refractivity contribution in [3.8, 4) is 0 Å². The van der Waals surface area contributed by atoms with Gasteiger partial charge in [0.1, 0.15) is 5.82 Å². The number of aliphatic imine (C=N–C) groups is 1. The fourth-order valence-corrected chi connectivity index (χ4v) is 2.79. The first kappa shape index (κ1) is 23.3. The van der Waals surface area contributed by atoms with Crippen LogP contribution in [0, 0.1) is 6.92 Å². The highest BCUT2D eigenvalue weighted by atomic mass is 16.5. The number of guanidine groups is 1. The van der Waals surface area contributed by atoms with Crippen molar-refractivity contribution in [3.05, 3.63) is 59.8 Å². The Hall–Kier alpha value is -2.93. The molecule has 1 heterocycles. The zero-order valence-corrected chi connectivity index (χ0v) is 18.1. The molecule has 2 aromatic rings. The van der Waals surface area contributed by atoms with Gasteiger partial charge in [-0.25, -0.2) is 4.98 Å². The lowest BCUT2D eigenvalue weighted by atomic mass is 10.1. The first-order valence-electron chi connectivity index (χ1n) is 10.5. The van der Waals surface area contributed by atoms with E-state index in [1.165, 1.54) is 5.56 Å². The Bertz CT molecular complexity index is 795. The maximum absolute atomic E-state index is 12.1. The van der Waals surface area contributed by atoms with E-state index in [1.54, 1.807) is 6.07 Å². The van der Waals surface area contributed by atoms with Gasteiger partial charge in [0.15, 0.2) is 5.96 Å². The quantitative estimate of drug-likeness (QED) is 0.299. The third kappa shape index (κ3) is 9.05. The van der Waals surface area contributed by atoms with Gasteiger partial charge >= 0.3 is 0 Å². The van der Waals surface area contributed by atoms with Gasteiger partial charge in [0, 0.05) is 38.4 Å². The molecule has 0 spiro atoms. The van der Waals surface area contributed by atoms with Crippen LogP contribution in [0.2, 0.25) is 0 Å². The number of pyridine rings is 1. The summed E-state index contributed by atoms with van der Waals surface area (Å²) in [5, 5.41) is 9.19. The number of hydrogen-bond acceptors (Lipinski definition) is 4. The molecule has 0 radical (unpaired) electrons. The molecule has 0 bridgehead atoms. The van der Waals surface area contributed by atoms with Crippen LogP contribution in [-0.2, 0) is 9.53 Å². The number of anilines is 1. The van der Waals surface area contributed by atoms with Gasteiger partial charge in [0.05, 0.1) is 6.10 Å². The molecule has 0 aliphatic heterocycles. The molecule has 7 nitrogen and oxygen atoms in total. The molecular weight excluding hydrogens is 378 g/mol. The molecular formula is C23H33N5O2. The van der Waals surface area contributed by atoms with E-state index >= 15 is 0 Å². The first-order valence-corrected chi connectivity index (χ1v) is 10.5. The van der Waals surface area contributed by atoms with Crippen LogP contribution in [0.25, 0.3) is 0 Å². The summed E-state index contributed by atoms with van der Waals surface area (Å²) in [6, 6.07) is 15.7. The van der Waals surface area contributed by atoms with Crippen LogP contribution < -0.4 is 16.0 Å². The number of carbonyl (C=O) groups is 1. The zero-order chi connectivity index (χ0) is 21.6. The van der Waals surface area contributed by atoms with Crippen LogP contribution in [0.3, 0.4) is 0 Å². The molecule has 3 N–H and O–H groups in total. The third-order valence-corrected chi connectivity index (χ3v) is 4.35. The van der Waals surface area contributed by atoms with Crippen LogP contribution in [0.15, 0.2) is 53.5 Å². The van der Waals surface area contributed by atoms with Crippen molar-refractivity contribution < 1.29 is 9.53 Å². The standard InChI is InChI=1S/C23H33N5O2/c1-4-24-23(25-15-9-17-30-19(3)20-11-6-5-7-12-20)26-16-14-22(29)28-21-13-8-10-18(2)27-21/h5-8,10-13,19H,4,9,14-17H2,1-3H3,(H2,24,25,26)(H,27,28,29). The smallest absolute Gasteiger partial charge is 0.227 e. The van der Waals surface area contributed by atoms with Crippen molar-refractivity contribution in [3.63, 3.8) is 0 Å². The lowest BCUT2D eigenvalue weighted by Gasteiger charge is -2.13. The highest BCUT2D eigenvalue weighted by Gasteiger charge is 2.06. The highest BCUT2D eigenvalue weighted by molar-refractivity contribution is 5.90. The summed E-state index contributed by atoms with van der Waals surface area (Å²) >= 11 is 0. The van der Waals surface area contributed by atoms with Crippen LogP contribution in [-0.4, -0.2) is 43.1 Å². The van der Waals surface area contributed by atoms with E-state index in [0.29, 0.717) is 37.9 Å². The summed E-state index contributed by atoms with van der Waals surface area (Å²) in [7, 11) is 0. The summed E-state index contributed by atoms with van der Waals surface area (Å²) in [6.07, 6.45) is 1.23. The van der Waals surface area contributed by atoms with E-state index in [-0.39, 0.29) is 12.0 Å². The number of nitrogens with one attached hydrogen (secondary N) is 3. The van der Waals surface area contributed by atoms with Gasteiger partial charge in [0.2, 0.25) is 5.91 Å². The molecule has 30 heavy (non-hydrogen) atoms. The Kier molecular flexibility index (Phi) is 10.4. The number of ether oxygens (including phenoxy) is 1. The third-order valence-electron chi connectivity index (χ3n) is 4.35. The molecule has 0 saturated carbocycles. The number of aryl methyl sites for hydroxylation is 1. The lowest BCUT2D eigenvalue weighted by molar-refractivity contribution is -0.116. The molecule has 162 valence electrons. The van der Waals surface area contributed by atoms with Crippen LogP contribution in [0.1, 0.15) is 44.1 Å². The maximum atomic E-state index is 12.1. The van der Waals surface area contributed by atoms with Gasteiger partial charge in [-0.2, -0.15) is 0 Å². The van der Waals surface area contributed by atoms with E-state index in [0.717, 1.165) is 18.7 Å². The van der Waals surface area contributed by atoms with E-state index in [4.69, 9.17) is 4.74 Å². The maximum Gasteiger partial charge on any atom is 0.227 e. The Labute approximate surface area is 179 Å². The lowest BCUT2D eigenvalue weighted by Crippen LogP contribution is -2.38. The number of hydrogen-bond donors (Lipinski definition) is 3. The summed E-state index contributed by atoms with van der Waals surface area (Å²) < 4.78 is 5.88. The number of nitrogens with zero attached hydrogens (tertiary/aromatic N) is 2. The predicted octanol–water partition coefficient (Wildman–Crippen LogP) is 3.44. The van der Waals surface area contributed by atoms with Crippen molar-refractivity contribution in [2.75, 3.05) is 31.6 Å². The van der Waals surface area contributed by atoms with Crippen molar-refractivity contribution in [2.24, 2.45) is 4.99 Å². The molecule has 1 amide bonds. The molecule has 1 aromatic heterocycles. The Morgan fingerprint density at radius 1 is 1.13 bits per heavy atom. The van der Waals surface area contributed by atoms with Gasteiger partial charge < -0.3 is 20.7 Å². The summed E-state index contributed by atoms with van der Waals surface area (Å²) in [4.78, 5) is 20.9. The van der Waals surface area contributed by atoms with Crippen molar-refractivity contribution in [1.29, 1.82) is 0 Å². The number of aromatic nitrogens is 1. The molecule has 1 atom stereocenters. The number of rotatable bonds is 11. The van der Waals surface area contributed by atoms with Gasteiger partial charge in [0.25, 0.3) is 0 Å². The van der Waals surface area contributed by atoms with Crippen LogP contribution in [0.4, 0.5) is 5.82 Å². The molecule has 0 saturated heterocycles. The minimum atomic E-state index is -0.0836. The second-order valence-corrected chi connectivity index (χ2v) is 6.93. The Balaban J connectivity index is 1.66. The van der Waals surface area contributed by atoms with Gasteiger partial charge in [-0.1, -0.05) is 36.4 Å². The first-order chi connectivity index (χ1) is 14.6. The van der Waals surface area contributed by atoms with E-state index in [2.05, 4.69) is 45.0 Å². The zero-order valence-electron chi connectivity index (χ0n) is 18.1. The number of benzene rings is 1. The molecule has 7 heteroatoms. The average molecular weight is 412 g/mol. The summed E-state index contributed by atoms with van der Waals surface area (Å²) in [5.41, 5.74) is 2.05.